The van der Waals surface area contributed by atoms with Crippen LogP contribution in [0.2, 0.25) is 5.02 Å². The summed E-state index contributed by atoms with van der Waals surface area (Å²) in [6.45, 7) is 0.660. The van der Waals surface area contributed by atoms with Crippen LogP contribution >= 0.6 is 11.6 Å². The fourth-order valence-corrected chi connectivity index (χ4v) is 5.61. The van der Waals surface area contributed by atoms with Crippen molar-refractivity contribution in [2.75, 3.05) is 31.0 Å². The lowest BCUT2D eigenvalue weighted by Crippen LogP contribution is -2.42. The lowest BCUT2D eigenvalue weighted by Gasteiger charge is -2.29. The number of carbonyl (C=O) groups is 3. The molecule has 2 aliphatic heterocycles. The topological polar surface area (TPSA) is 211 Å². The summed E-state index contributed by atoms with van der Waals surface area (Å²) in [4.78, 5) is 46.4. The van der Waals surface area contributed by atoms with Crippen molar-refractivity contribution in [1.82, 2.24) is 35.5 Å². The SMILES string of the molecule is COC(=O)Nc1ccc2c(c1)N[C@@H](C(=O)OC1COC1)CCCC[C@H](NC(=O)/C=C/c1cc(Cl)ccc1-n1cnnn1)c1nc(C#N)c-2[nH]1. The van der Waals surface area contributed by atoms with E-state index in [4.69, 9.17) is 25.8 Å². The Morgan fingerprint density at radius 1 is 1.16 bits per heavy atom. The fourth-order valence-electron chi connectivity index (χ4n) is 5.42. The molecule has 2 aromatic carbocycles. The number of halogens is 1. The summed E-state index contributed by atoms with van der Waals surface area (Å²) < 4.78 is 17.0. The summed E-state index contributed by atoms with van der Waals surface area (Å²) in [6.07, 6.45) is 5.45. The maximum Gasteiger partial charge on any atom is 0.411 e. The number of amides is 2. The number of benzene rings is 2. The van der Waals surface area contributed by atoms with E-state index in [0.29, 0.717) is 83.6 Å². The maximum absolute atomic E-state index is 13.3. The van der Waals surface area contributed by atoms with Crippen molar-refractivity contribution in [3.8, 4) is 23.0 Å². The van der Waals surface area contributed by atoms with E-state index in [0.717, 1.165) is 0 Å². The predicted octanol–water partition coefficient (Wildman–Crippen LogP) is 3.92. The van der Waals surface area contributed by atoms with E-state index in [1.54, 1.807) is 42.5 Å². The lowest BCUT2D eigenvalue weighted by atomic mass is 10.0. The number of hydrogen-bond donors (Lipinski definition) is 4. The van der Waals surface area contributed by atoms with Gasteiger partial charge in [0.2, 0.25) is 5.91 Å². The number of nitrogens with one attached hydrogen (secondary N) is 4. The average molecular weight is 687 g/mol. The molecule has 0 spiro atoms. The van der Waals surface area contributed by atoms with Crippen LogP contribution in [0.4, 0.5) is 16.2 Å². The van der Waals surface area contributed by atoms with Gasteiger partial charge in [-0.1, -0.05) is 24.4 Å². The number of aromatic amines is 1. The minimum Gasteiger partial charge on any atom is -0.456 e. The first-order chi connectivity index (χ1) is 23.8. The predicted molar refractivity (Wildman–Crippen MR) is 175 cm³/mol. The van der Waals surface area contributed by atoms with Crippen LogP contribution < -0.4 is 16.0 Å². The fraction of sp³-hybridized carbons (Fsp3) is 0.312. The standard InChI is InChI=1S/C32H31ClN10O6/c1-47-32(46)36-20-8-9-22-25(13-20)37-24(31(45)49-21-15-48-16-21)5-3-2-4-23(30-39-26(14-34)29(22)40-30)38-28(44)11-6-18-12-19(33)7-10-27(18)43-17-35-41-42-43/h6-13,17,21,23-24,37H,2-5,15-16H2,1H3,(H,36,46)(H,38,44)(H,39,40)/b11-6+/t23-,24+/m0/s1. The van der Waals surface area contributed by atoms with Crippen LogP contribution in [-0.4, -0.2) is 80.6 Å². The third kappa shape index (κ3) is 7.86. The van der Waals surface area contributed by atoms with Crippen molar-refractivity contribution in [2.24, 2.45) is 0 Å². The molecule has 252 valence electrons. The van der Waals surface area contributed by atoms with Gasteiger partial charge in [-0.05, 0) is 65.7 Å². The molecule has 49 heavy (non-hydrogen) atoms. The Morgan fingerprint density at radius 3 is 2.73 bits per heavy atom. The highest BCUT2D eigenvalue weighted by Crippen LogP contribution is 2.35. The van der Waals surface area contributed by atoms with Gasteiger partial charge < -0.3 is 29.8 Å². The quantitative estimate of drug-likeness (QED) is 0.161. The van der Waals surface area contributed by atoms with Gasteiger partial charge in [0.15, 0.2) is 5.69 Å². The smallest absolute Gasteiger partial charge is 0.411 e. The van der Waals surface area contributed by atoms with E-state index in [-0.39, 0.29) is 11.8 Å². The molecule has 6 rings (SSSR count). The zero-order valence-electron chi connectivity index (χ0n) is 26.2. The molecule has 2 bridgehead atoms. The van der Waals surface area contributed by atoms with Crippen LogP contribution in [0.15, 0.2) is 48.8 Å². The number of fused-ring (bicyclic) bond motifs is 4. The van der Waals surface area contributed by atoms with Gasteiger partial charge in [0.05, 0.1) is 37.7 Å². The van der Waals surface area contributed by atoms with Crippen molar-refractivity contribution in [2.45, 2.75) is 43.9 Å². The number of H-pyrrole nitrogens is 1. The molecule has 1 fully saturated rings. The number of aromatic nitrogens is 6. The summed E-state index contributed by atoms with van der Waals surface area (Å²) in [6, 6.07) is 10.8. The van der Waals surface area contributed by atoms with Gasteiger partial charge in [0.25, 0.3) is 0 Å². The number of esters is 1. The number of carbonyl (C=O) groups excluding carboxylic acids is 3. The zero-order chi connectivity index (χ0) is 34.3. The van der Waals surface area contributed by atoms with Crippen molar-refractivity contribution >= 4 is 47.0 Å². The molecule has 16 nitrogen and oxygen atoms in total. The molecule has 4 aromatic rings. The second-order valence-corrected chi connectivity index (χ2v) is 11.7. The van der Waals surface area contributed by atoms with Gasteiger partial charge in [-0.15, -0.1) is 5.10 Å². The Morgan fingerprint density at radius 2 is 2.00 bits per heavy atom. The van der Waals surface area contributed by atoms with E-state index in [9.17, 15) is 19.6 Å². The molecule has 2 amide bonds. The highest BCUT2D eigenvalue weighted by Gasteiger charge is 2.30. The van der Waals surface area contributed by atoms with Gasteiger partial charge in [-0.3, -0.25) is 10.1 Å². The normalized spacial score (nSPS) is 17.7. The monoisotopic (exact) mass is 686 g/mol. The second kappa shape index (κ2) is 15.0. The summed E-state index contributed by atoms with van der Waals surface area (Å²) in [5, 5.41) is 30.7. The van der Waals surface area contributed by atoms with Crippen molar-refractivity contribution < 1.29 is 28.6 Å². The third-order valence-electron chi connectivity index (χ3n) is 7.94. The summed E-state index contributed by atoms with van der Waals surface area (Å²) in [7, 11) is 1.25. The first-order valence-corrected chi connectivity index (χ1v) is 15.7. The summed E-state index contributed by atoms with van der Waals surface area (Å²) >= 11 is 6.23. The maximum atomic E-state index is 13.3. The molecule has 17 heteroatoms. The molecule has 1 saturated heterocycles. The number of anilines is 2. The van der Waals surface area contributed by atoms with E-state index in [2.05, 4.69) is 47.5 Å². The molecule has 0 aliphatic carbocycles. The Kier molecular flexibility index (Phi) is 10.1. The number of ether oxygens (including phenoxy) is 3. The van der Waals surface area contributed by atoms with Gasteiger partial charge in [0.1, 0.15) is 30.4 Å². The van der Waals surface area contributed by atoms with Crippen LogP contribution in [0.25, 0.3) is 23.0 Å². The summed E-state index contributed by atoms with van der Waals surface area (Å²) in [5.41, 5.74) is 3.02. The highest BCUT2D eigenvalue weighted by atomic mass is 35.5. The summed E-state index contributed by atoms with van der Waals surface area (Å²) in [5.74, 6) is -0.485. The number of tetrazole rings is 1. The molecular weight excluding hydrogens is 656 g/mol. The Bertz CT molecular complexity index is 1920. The molecule has 4 heterocycles. The molecule has 0 radical (unpaired) electrons. The number of nitrogens with zero attached hydrogens (tertiary/aromatic N) is 6. The number of nitriles is 1. The molecular formula is C32H31ClN10O6. The van der Waals surface area contributed by atoms with Crippen LogP contribution in [0.5, 0.6) is 0 Å². The molecule has 2 aliphatic rings. The molecule has 2 atom stereocenters. The van der Waals surface area contributed by atoms with Crippen LogP contribution in [0, 0.1) is 11.3 Å². The Balaban J connectivity index is 1.31. The molecule has 0 unspecified atom stereocenters. The van der Waals surface area contributed by atoms with Crippen molar-refractivity contribution in [1.29, 1.82) is 5.26 Å². The number of rotatable bonds is 7. The largest absolute Gasteiger partial charge is 0.456 e. The minimum atomic E-state index is -0.761. The van der Waals surface area contributed by atoms with E-state index in [1.807, 2.05) is 0 Å². The molecule has 4 N–H and O–H groups in total. The third-order valence-corrected chi connectivity index (χ3v) is 8.17. The lowest BCUT2D eigenvalue weighted by molar-refractivity contribution is -0.173. The Hall–Kier alpha value is -5.79. The second-order valence-electron chi connectivity index (χ2n) is 11.3. The van der Waals surface area contributed by atoms with E-state index in [1.165, 1.54) is 24.2 Å². The van der Waals surface area contributed by atoms with Gasteiger partial charge in [-0.2, -0.15) is 9.94 Å². The first kappa shape index (κ1) is 33.1. The van der Waals surface area contributed by atoms with Crippen molar-refractivity contribution in [3.63, 3.8) is 0 Å². The van der Waals surface area contributed by atoms with Crippen LogP contribution in [0.3, 0.4) is 0 Å². The number of hydrogen-bond acceptors (Lipinski definition) is 12. The average Bonchev–Trinajstić information content (AvgIpc) is 3.77. The van der Waals surface area contributed by atoms with Gasteiger partial charge in [-0.25, -0.2) is 14.6 Å². The minimum absolute atomic E-state index is 0.0801. The Labute approximate surface area is 284 Å². The van der Waals surface area contributed by atoms with E-state index < -0.39 is 30.1 Å². The number of methoxy groups -OCH3 is 1. The highest BCUT2D eigenvalue weighted by molar-refractivity contribution is 6.30. The number of imidazole rings is 1. The molecule has 2 aromatic heterocycles. The van der Waals surface area contributed by atoms with Crippen LogP contribution in [-0.2, 0) is 23.8 Å². The zero-order valence-corrected chi connectivity index (χ0v) is 26.9. The van der Waals surface area contributed by atoms with Crippen molar-refractivity contribution in [3.05, 3.63) is 70.9 Å². The molecule has 0 saturated carbocycles. The van der Waals surface area contributed by atoms with Crippen LogP contribution in [0.1, 0.15) is 48.8 Å². The first-order valence-electron chi connectivity index (χ1n) is 15.4. The van der Waals surface area contributed by atoms with E-state index >= 15 is 0 Å². The van der Waals surface area contributed by atoms with Gasteiger partial charge in [0, 0.05) is 33.6 Å². The van der Waals surface area contributed by atoms with Gasteiger partial charge >= 0.3 is 12.1 Å².